The largest absolute Gasteiger partial charge is 0.341 e. The van der Waals surface area contributed by atoms with Crippen LogP contribution in [0.1, 0.15) is 24.0 Å². The van der Waals surface area contributed by atoms with Gasteiger partial charge in [0.05, 0.1) is 0 Å². The number of hydrogen-bond donors (Lipinski definition) is 1. The molecule has 3 aromatic rings. The summed E-state index contributed by atoms with van der Waals surface area (Å²) in [4.78, 5) is 23.9. The number of anilines is 2. The molecule has 0 bridgehead atoms. The zero-order valence-corrected chi connectivity index (χ0v) is 16.9. The monoisotopic (exact) mass is 386 g/mol. The maximum Gasteiger partial charge on any atom is 0.227 e. The number of nitrogens with zero attached hydrogens (tertiary/aromatic N) is 3. The van der Waals surface area contributed by atoms with E-state index in [1.165, 1.54) is 0 Å². The molecule has 2 heterocycles. The molecule has 0 spiro atoms. The third-order valence-corrected chi connectivity index (χ3v) is 5.38. The van der Waals surface area contributed by atoms with Gasteiger partial charge in [0.25, 0.3) is 0 Å². The Morgan fingerprint density at radius 2 is 1.55 bits per heavy atom. The fourth-order valence-electron chi connectivity index (χ4n) is 3.90. The molecule has 5 heteroatoms. The van der Waals surface area contributed by atoms with E-state index in [0.29, 0.717) is 0 Å². The quantitative estimate of drug-likeness (QED) is 0.711. The number of amides is 1. The summed E-state index contributed by atoms with van der Waals surface area (Å²) >= 11 is 0. The number of carbonyl (C=O) groups is 1. The summed E-state index contributed by atoms with van der Waals surface area (Å²) in [5.74, 6) is 0.864. The van der Waals surface area contributed by atoms with Gasteiger partial charge in [-0.3, -0.25) is 4.79 Å². The van der Waals surface area contributed by atoms with E-state index in [-0.39, 0.29) is 11.8 Å². The lowest BCUT2D eigenvalue weighted by Crippen LogP contribution is -2.39. The van der Waals surface area contributed by atoms with Crippen molar-refractivity contribution < 1.29 is 4.79 Å². The first-order chi connectivity index (χ1) is 14.1. The van der Waals surface area contributed by atoms with E-state index in [1.54, 1.807) is 0 Å². The van der Waals surface area contributed by atoms with Crippen LogP contribution in [0.25, 0.3) is 11.1 Å². The van der Waals surface area contributed by atoms with Gasteiger partial charge in [0.1, 0.15) is 0 Å². The Morgan fingerprint density at radius 3 is 2.17 bits per heavy atom. The average molecular weight is 386 g/mol. The number of piperidine rings is 1. The topological polar surface area (TPSA) is 58.1 Å². The van der Waals surface area contributed by atoms with Gasteiger partial charge < -0.3 is 10.2 Å². The van der Waals surface area contributed by atoms with Crippen molar-refractivity contribution in [2.75, 3.05) is 23.3 Å². The number of nitrogens with one attached hydrogen (secondary N) is 1. The first-order valence-corrected chi connectivity index (χ1v) is 10.1. The minimum atomic E-state index is 0.0238. The van der Waals surface area contributed by atoms with Gasteiger partial charge in [-0.1, -0.05) is 36.4 Å². The zero-order valence-electron chi connectivity index (χ0n) is 16.9. The maximum atomic E-state index is 12.7. The Hall–Kier alpha value is -3.21. The summed E-state index contributed by atoms with van der Waals surface area (Å²) in [5.41, 5.74) is 5.32. The first kappa shape index (κ1) is 19.1. The minimum absolute atomic E-state index is 0.0238. The van der Waals surface area contributed by atoms with E-state index in [9.17, 15) is 4.79 Å². The van der Waals surface area contributed by atoms with Crippen LogP contribution in [0.5, 0.6) is 0 Å². The predicted molar refractivity (Wildman–Crippen MR) is 117 cm³/mol. The zero-order chi connectivity index (χ0) is 20.2. The molecule has 0 unspecified atom stereocenters. The van der Waals surface area contributed by atoms with Gasteiger partial charge in [-0.25, -0.2) is 9.97 Å². The molecule has 1 aliphatic rings. The molecule has 1 saturated heterocycles. The van der Waals surface area contributed by atoms with Gasteiger partial charge in [0.15, 0.2) is 0 Å². The van der Waals surface area contributed by atoms with Gasteiger partial charge >= 0.3 is 0 Å². The summed E-state index contributed by atoms with van der Waals surface area (Å²) in [7, 11) is 0. The van der Waals surface area contributed by atoms with Crippen molar-refractivity contribution in [2.45, 2.75) is 26.7 Å². The molecule has 0 aliphatic carbocycles. The normalized spacial score (nSPS) is 14.6. The van der Waals surface area contributed by atoms with Crippen molar-refractivity contribution in [3.8, 4) is 11.1 Å². The second-order valence-corrected chi connectivity index (χ2v) is 7.76. The first-order valence-electron chi connectivity index (χ1n) is 10.1. The van der Waals surface area contributed by atoms with Crippen LogP contribution in [-0.4, -0.2) is 29.0 Å². The van der Waals surface area contributed by atoms with Crippen molar-refractivity contribution in [2.24, 2.45) is 5.92 Å². The maximum absolute atomic E-state index is 12.7. The van der Waals surface area contributed by atoms with Crippen molar-refractivity contribution in [3.63, 3.8) is 0 Å². The molecular weight excluding hydrogens is 360 g/mol. The molecule has 29 heavy (non-hydrogen) atoms. The number of hydrogen-bond acceptors (Lipinski definition) is 4. The molecule has 1 aliphatic heterocycles. The number of benzene rings is 2. The highest BCUT2D eigenvalue weighted by Crippen LogP contribution is 2.24. The molecule has 148 valence electrons. The lowest BCUT2D eigenvalue weighted by Gasteiger charge is -2.31. The van der Waals surface area contributed by atoms with Crippen LogP contribution in [0.3, 0.4) is 0 Å². The standard InChI is InChI=1S/C24H26N4O/c1-17-12-18(2)14-22(13-17)27-23(29)20-8-10-28(11-9-20)24-25-15-21(16-26-24)19-6-4-3-5-7-19/h3-7,12-16,20H,8-11H2,1-2H3,(H,27,29). The molecule has 0 radical (unpaired) electrons. The van der Waals surface area contributed by atoms with Crippen molar-refractivity contribution in [1.29, 1.82) is 0 Å². The second-order valence-electron chi connectivity index (χ2n) is 7.76. The van der Waals surface area contributed by atoms with Crippen LogP contribution >= 0.6 is 0 Å². The Kier molecular flexibility index (Phi) is 5.56. The fraction of sp³-hybridized carbons (Fsp3) is 0.292. The molecule has 2 aromatic carbocycles. The highest BCUT2D eigenvalue weighted by molar-refractivity contribution is 5.92. The lowest BCUT2D eigenvalue weighted by molar-refractivity contribution is -0.120. The van der Waals surface area contributed by atoms with Crippen LogP contribution in [-0.2, 0) is 4.79 Å². The number of rotatable bonds is 4. The van der Waals surface area contributed by atoms with Gasteiger partial charge in [0.2, 0.25) is 11.9 Å². The molecule has 1 amide bonds. The number of aryl methyl sites for hydroxylation is 2. The van der Waals surface area contributed by atoms with E-state index in [1.807, 2.05) is 56.6 Å². The second kappa shape index (κ2) is 8.43. The van der Waals surface area contributed by atoms with Crippen LogP contribution < -0.4 is 10.2 Å². The van der Waals surface area contributed by atoms with Gasteiger partial charge in [-0.2, -0.15) is 0 Å². The summed E-state index contributed by atoms with van der Waals surface area (Å²) in [6.07, 6.45) is 5.36. The van der Waals surface area contributed by atoms with E-state index >= 15 is 0 Å². The fourth-order valence-corrected chi connectivity index (χ4v) is 3.90. The van der Waals surface area contributed by atoms with Gasteiger partial charge in [-0.15, -0.1) is 0 Å². The summed E-state index contributed by atoms with van der Waals surface area (Å²) in [6, 6.07) is 16.3. The molecular formula is C24H26N4O. The molecule has 0 atom stereocenters. The Balaban J connectivity index is 1.35. The van der Waals surface area contributed by atoms with E-state index in [2.05, 4.69) is 38.4 Å². The third kappa shape index (κ3) is 4.62. The van der Waals surface area contributed by atoms with Crippen LogP contribution in [0.2, 0.25) is 0 Å². The Bertz CT molecular complexity index is 957. The van der Waals surface area contributed by atoms with Crippen molar-refractivity contribution in [1.82, 2.24) is 9.97 Å². The summed E-state index contributed by atoms with van der Waals surface area (Å²) in [6.45, 7) is 5.67. The lowest BCUT2D eigenvalue weighted by atomic mass is 9.96. The number of aromatic nitrogens is 2. The highest BCUT2D eigenvalue weighted by atomic mass is 16.1. The van der Waals surface area contributed by atoms with Crippen molar-refractivity contribution in [3.05, 3.63) is 72.1 Å². The molecule has 5 nitrogen and oxygen atoms in total. The van der Waals surface area contributed by atoms with Crippen LogP contribution in [0.4, 0.5) is 11.6 Å². The average Bonchev–Trinajstić information content (AvgIpc) is 2.74. The smallest absolute Gasteiger partial charge is 0.227 e. The third-order valence-electron chi connectivity index (χ3n) is 5.38. The Morgan fingerprint density at radius 1 is 0.931 bits per heavy atom. The molecule has 0 saturated carbocycles. The van der Waals surface area contributed by atoms with Gasteiger partial charge in [-0.05, 0) is 55.5 Å². The molecule has 1 N–H and O–H groups in total. The number of carbonyl (C=O) groups excluding carboxylic acids is 1. The molecule has 1 fully saturated rings. The predicted octanol–water partition coefficient (Wildman–Crippen LogP) is 4.62. The summed E-state index contributed by atoms with van der Waals surface area (Å²) < 4.78 is 0. The Labute approximate surface area is 171 Å². The van der Waals surface area contributed by atoms with E-state index in [4.69, 9.17) is 0 Å². The minimum Gasteiger partial charge on any atom is -0.341 e. The SMILES string of the molecule is Cc1cc(C)cc(NC(=O)C2CCN(c3ncc(-c4ccccc4)cn3)CC2)c1. The van der Waals surface area contributed by atoms with E-state index < -0.39 is 0 Å². The van der Waals surface area contributed by atoms with E-state index in [0.717, 1.165) is 59.8 Å². The highest BCUT2D eigenvalue weighted by Gasteiger charge is 2.26. The van der Waals surface area contributed by atoms with Crippen LogP contribution in [0.15, 0.2) is 60.9 Å². The van der Waals surface area contributed by atoms with Crippen LogP contribution in [0, 0.1) is 19.8 Å². The van der Waals surface area contributed by atoms with Gasteiger partial charge in [0, 0.05) is 42.7 Å². The van der Waals surface area contributed by atoms with Crippen molar-refractivity contribution >= 4 is 17.5 Å². The molecule has 1 aromatic heterocycles. The summed E-state index contributed by atoms with van der Waals surface area (Å²) in [5, 5.41) is 3.08. The molecule has 4 rings (SSSR count).